The van der Waals surface area contributed by atoms with Crippen LogP contribution in [0.3, 0.4) is 0 Å². The summed E-state index contributed by atoms with van der Waals surface area (Å²) < 4.78 is 24.4. The Kier molecular flexibility index (Phi) is 5.34. The third-order valence-corrected chi connectivity index (χ3v) is 5.71. The maximum absolute atomic E-state index is 12.2. The Labute approximate surface area is 113 Å². The first-order valence-corrected chi connectivity index (χ1v) is 8.15. The van der Waals surface area contributed by atoms with Crippen LogP contribution < -0.4 is 5.32 Å². The quantitative estimate of drug-likeness (QED) is 0.771. The van der Waals surface area contributed by atoms with Gasteiger partial charge in [-0.3, -0.25) is 4.79 Å². The van der Waals surface area contributed by atoms with E-state index in [1.54, 1.807) is 0 Å². The fourth-order valence-corrected chi connectivity index (χ4v) is 4.60. The van der Waals surface area contributed by atoms with Crippen molar-refractivity contribution in [3.63, 3.8) is 0 Å². The van der Waals surface area contributed by atoms with Crippen LogP contribution in [0, 0.1) is 5.92 Å². The molecule has 1 aliphatic rings. The molecule has 3 atom stereocenters. The van der Waals surface area contributed by atoms with Crippen LogP contribution in [-0.2, 0) is 19.4 Å². The highest BCUT2D eigenvalue weighted by atomic mass is 32.2. The maximum Gasteiger partial charge on any atom is 0.327 e. The molecule has 0 heterocycles. The zero-order valence-electron chi connectivity index (χ0n) is 11.3. The summed E-state index contributed by atoms with van der Waals surface area (Å²) in [6.45, 7) is 3.18. The second kappa shape index (κ2) is 6.36. The molecule has 0 spiro atoms. The molecular weight excluding hydrogens is 270 g/mol. The first-order valence-electron chi connectivity index (χ1n) is 6.44. The zero-order valence-corrected chi connectivity index (χ0v) is 12.1. The van der Waals surface area contributed by atoms with Crippen molar-refractivity contribution < 1.29 is 23.1 Å². The monoisotopic (exact) mass is 291 g/mol. The van der Waals surface area contributed by atoms with Crippen molar-refractivity contribution >= 4 is 21.7 Å². The normalized spacial score (nSPS) is 25.6. The number of hydrogen-bond acceptors (Lipinski definition) is 4. The van der Waals surface area contributed by atoms with Crippen LogP contribution >= 0.6 is 0 Å². The third kappa shape index (κ3) is 4.81. The van der Waals surface area contributed by atoms with Crippen LogP contribution in [0.4, 0.5) is 0 Å². The number of aliphatic carboxylic acids is 1. The lowest BCUT2D eigenvalue weighted by molar-refractivity contribution is -0.140. The average molecular weight is 291 g/mol. The lowest BCUT2D eigenvalue weighted by atomic mass is 9.91. The molecule has 0 aromatic rings. The molecule has 0 aliphatic heterocycles. The van der Waals surface area contributed by atoms with Crippen molar-refractivity contribution in [2.75, 3.05) is 5.75 Å². The van der Waals surface area contributed by atoms with E-state index in [0.717, 1.165) is 12.8 Å². The summed E-state index contributed by atoms with van der Waals surface area (Å²) in [6, 6.07) is -1.36. The maximum atomic E-state index is 12.2. The summed E-state index contributed by atoms with van der Waals surface area (Å²) in [5, 5.41) is 10.6. The zero-order chi connectivity index (χ0) is 14.6. The Bertz CT molecular complexity index is 445. The molecule has 0 bridgehead atoms. The van der Waals surface area contributed by atoms with Gasteiger partial charge in [-0.25, -0.2) is 13.2 Å². The number of amides is 1. The van der Waals surface area contributed by atoms with Gasteiger partial charge < -0.3 is 10.4 Å². The summed E-state index contributed by atoms with van der Waals surface area (Å²) in [7, 11) is -3.50. The number of carbonyl (C=O) groups excluding carboxylic acids is 1. The Morgan fingerprint density at radius 2 is 2.00 bits per heavy atom. The van der Waals surface area contributed by atoms with Gasteiger partial charge in [0.2, 0.25) is 5.91 Å². The Morgan fingerprint density at radius 3 is 2.47 bits per heavy atom. The Balaban J connectivity index is 2.75. The van der Waals surface area contributed by atoms with E-state index >= 15 is 0 Å². The standard InChI is InChI=1S/C12H21NO5S/c1-8-4-3-5-10(6-8)19(17,18)7-11(12(15)16)13-9(2)14/h8,10-11H,3-7H2,1-2H3,(H,13,14)(H,15,16)/t8?,10?,11-/m0/s1. The average Bonchev–Trinajstić information content (AvgIpc) is 2.27. The molecule has 0 aromatic carbocycles. The van der Waals surface area contributed by atoms with Crippen LogP contribution in [0.5, 0.6) is 0 Å². The topological polar surface area (TPSA) is 101 Å². The highest BCUT2D eigenvalue weighted by molar-refractivity contribution is 7.92. The first-order chi connectivity index (χ1) is 8.72. The highest BCUT2D eigenvalue weighted by Crippen LogP contribution is 2.28. The molecule has 0 saturated heterocycles. The molecule has 1 rings (SSSR count). The lowest BCUT2D eigenvalue weighted by Gasteiger charge is -2.27. The van der Waals surface area contributed by atoms with E-state index in [4.69, 9.17) is 5.11 Å². The van der Waals surface area contributed by atoms with E-state index in [2.05, 4.69) is 5.32 Å². The van der Waals surface area contributed by atoms with Gasteiger partial charge in [0.1, 0.15) is 6.04 Å². The second-order valence-corrected chi connectivity index (χ2v) is 7.64. The van der Waals surface area contributed by atoms with Crippen LogP contribution in [0.1, 0.15) is 39.5 Å². The van der Waals surface area contributed by atoms with Gasteiger partial charge in [-0.05, 0) is 18.8 Å². The first kappa shape index (κ1) is 15.9. The molecule has 7 heteroatoms. The highest BCUT2D eigenvalue weighted by Gasteiger charge is 2.34. The molecule has 1 aliphatic carbocycles. The van der Waals surface area contributed by atoms with Gasteiger partial charge in [-0.1, -0.05) is 19.8 Å². The van der Waals surface area contributed by atoms with E-state index in [0.29, 0.717) is 18.8 Å². The van der Waals surface area contributed by atoms with Gasteiger partial charge in [0.05, 0.1) is 11.0 Å². The minimum atomic E-state index is -3.50. The third-order valence-electron chi connectivity index (χ3n) is 3.47. The van der Waals surface area contributed by atoms with Gasteiger partial charge >= 0.3 is 5.97 Å². The molecule has 110 valence electrons. The number of nitrogens with one attached hydrogen (secondary N) is 1. The van der Waals surface area contributed by atoms with E-state index in [-0.39, 0.29) is 0 Å². The SMILES string of the molecule is CC(=O)N[C@@H](CS(=O)(=O)C1CCCC(C)C1)C(=O)O. The summed E-state index contributed by atoms with van der Waals surface area (Å²) >= 11 is 0. The van der Waals surface area contributed by atoms with E-state index in [1.807, 2.05) is 6.92 Å². The van der Waals surface area contributed by atoms with Crippen molar-refractivity contribution in [1.29, 1.82) is 0 Å². The smallest absolute Gasteiger partial charge is 0.327 e. The summed E-state index contributed by atoms with van der Waals surface area (Å²) in [4.78, 5) is 21.9. The molecule has 6 nitrogen and oxygen atoms in total. The minimum Gasteiger partial charge on any atom is -0.480 e. The number of carbonyl (C=O) groups is 2. The van der Waals surface area contributed by atoms with Gasteiger partial charge in [0.15, 0.2) is 9.84 Å². The molecule has 2 unspecified atom stereocenters. The number of sulfone groups is 1. The fourth-order valence-electron chi connectivity index (χ4n) is 2.49. The van der Waals surface area contributed by atoms with Crippen LogP contribution in [0.25, 0.3) is 0 Å². The molecule has 19 heavy (non-hydrogen) atoms. The Morgan fingerprint density at radius 1 is 1.37 bits per heavy atom. The number of carboxylic acids is 1. The number of hydrogen-bond donors (Lipinski definition) is 2. The van der Waals surface area contributed by atoms with Crippen molar-refractivity contribution in [2.24, 2.45) is 5.92 Å². The van der Waals surface area contributed by atoms with Crippen LogP contribution in [0.15, 0.2) is 0 Å². The molecule has 1 amide bonds. The van der Waals surface area contributed by atoms with Gasteiger partial charge in [0, 0.05) is 6.92 Å². The van der Waals surface area contributed by atoms with Crippen molar-refractivity contribution in [1.82, 2.24) is 5.32 Å². The molecule has 0 radical (unpaired) electrons. The molecule has 2 N–H and O–H groups in total. The van der Waals surface area contributed by atoms with Crippen molar-refractivity contribution in [3.05, 3.63) is 0 Å². The fraction of sp³-hybridized carbons (Fsp3) is 0.833. The minimum absolute atomic E-state index is 0.345. The van der Waals surface area contributed by atoms with Gasteiger partial charge in [-0.2, -0.15) is 0 Å². The van der Waals surface area contributed by atoms with E-state index in [1.165, 1.54) is 6.92 Å². The summed E-state index contributed by atoms with van der Waals surface area (Å²) in [6.07, 6.45) is 3.02. The van der Waals surface area contributed by atoms with E-state index in [9.17, 15) is 18.0 Å². The predicted molar refractivity (Wildman–Crippen MR) is 70.4 cm³/mol. The van der Waals surface area contributed by atoms with Crippen LogP contribution in [-0.4, -0.2) is 42.4 Å². The lowest BCUT2D eigenvalue weighted by Crippen LogP contribution is -2.46. The molecular formula is C12H21NO5S. The number of rotatable bonds is 5. The Hall–Kier alpha value is -1.11. The van der Waals surface area contributed by atoms with Crippen molar-refractivity contribution in [2.45, 2.75) is 50.8 Å². The molecule has 1 fully saturated rings. The second-order valence-electron chi connectivity index (χ2n) is 5.31. The van der Waals surface area contributed by atoms with Crippen molar-refractivity contribution in [3.8, 4) is 0 Å². The van der Waals surface area contributed by atoms with Crippen LogP contribution in [0.2, 0.25) is 0 Å². The largest absolute Gasteiger partial charge is 0.480 e. The number of carboxylic acid groups (broad SMARTS) is 1. The summed E-state index contributed by atoms with van der Waals surface area (Å²) in [5.74, 6) is -2.04. The van der Waals surface area contributed by atoms with E-state index < -0.39 is 38.8 Å². The molecule has 1 saturated carbocycles. The predicted octanol–water partition coefficient (Wildman–Crippen LogP) is 0.569. The molecule has 0 aromatic heterocycles. The summed E-state index contributed by atoms with van der Waals surface area (Å²) in [5.41, 5.74) is 0. The van der Waals surface area contributed by atoms with Gasteiger partial charge in [-0.15, -0.1) is 0 Å². The van der Waals surface area contributed by atoms with Gasteiger partial charge in [0.25, 0.3) is 0 Å².